The largest absolute Gasteiger partial charge is 0.376 e. The van der Waals surface area contributed by atoms with Crippen LogP contribution in [0.25, 0.3) is 0 Å². The van der Waals surface area contributed by atoms with E-state index in [4.69, 9.17) is 5.73 Å². The highest BCUT2D eigenvalue weighted by molar-refractivity contribution is 9.10. The summed E-state index contributed by atoms with van der Waals surface area (Å²) in [6.07, 6.45) is 4.47. The first kappa shape index (κ1) is 14.3. The molecule has 2 atom stereocenters. The van der Waals surface area contributed by atoms with Gasteiger partial charge < -0.3 is 11.1 Å². The molecule has 2 rings (SSSR count). The van der Waals surface area contributed by atoms with E-state index >= 15 is 0 Å². The Bertz CT molecular complexity index is 467. The molecule has 0 aromatic heterocycles. The van der Waals surface area contributed by atoms with Crippen molar-refractivity contribution in [2.45, 2.75) is 31.7 Å². The topological polar surface area (TPSA) is 81.2 Å². The molecular formula is C13H18BrN3O2. The Morgan fingerprint density at radius 2 is 2.16 bits per heavy atom. The number of benzene rings is 1. The van der Waals surface area contributed by atoms with Crippen molar-refractivity contribution in [3.05, 3.63) is 32.8 Å². The lowest BCUT2D eigenvalue weighted by Crippen LogP contribution is -2.36. The van der Waals surface area contributed by atoms with Crippen LogP contribution in [0.3, 0.4) is 0 Å². The van der Waals surface area contributed by atoms with Crippen molar-refractivity contribution in [1.29, 1.82) is 0 Å². The zero-order chi connectivity index (χ0) is 13.8. The second-order valence-electron chi connectivity index (χ2n) is 4.95. The fraction of sp³-hybridized carbons (Fsp3) is 0.538. The zero-order valence-corrected chi connectivity index (χ0v) is 12.2. The Morgan fingerprint density at radius 3 is 2.84 bits per heavy atom. The van der Waals surface area contributed by atoms with Crippen molar-refractivity contribution in [3.8, 4) is 0 Å². The molecule has 5 nitrogen and oxygen atoms in total. The standard InChI is InChI=1S/C13H18BrN3O2/c14-10-5-6-12(13(7-10)17(18)19)16-11-4-2-1-3-9(11)8-15/h5-7,9,11,16H,1-4,8,15H2. The molecule has 1 fully saturated rings. The molecule has 0 aliphatic heterocycles. The molecule has 0 heterocycles. The van der Waals surface area contributed by atoms with Crippen LogP contribution in [0.15, 0.2) is 22.7 Å². The molecule has 0 saturated heterocycles. The average molecular weight is 328 g/mol. The Kier molecular flexibility index (Phi) is 4.76. The number of hydrogen-bond acceptors (Lipinski definition) is 4. The lowest BCUT2D eigenvalue weighted by atomic mass is 9.84. The van der Waals surface area contributed by atoms with Crippen molar-refractivity contribution in [2.24, 2.45) is 11.7 Å². The van der Waals surface area contributed by atoms with Gasteiger partial charge in [0.15, 0.2) is 0 Å². The SMILES string of the molecule is NCC1CCCCC1Nc1ccc(Br)cc1[N+](=O)[O-]. The van der Waals surface area contributed by atoms with Crippen LogP contribution in [0, 0.1) is 16.0 Å². The summed E-state index contributed by atoms with van der Waals surface area (Å²) in [5.74, 6) is 0.400. The Labute approximate surface area is 120 Å². The first-order valence-electron chi connectivity index (χ1n) is 6.52. The molecule has 19 heavy (non-hydrogen) atoms. The molecule has 1 saturated carbocycles. The van der Waals surface area contributed by atoms with E-state index in [2.05, 4.69) is 21.2 Å². The van der Waals surface area contributed by atoms with Gasteiger partial charge in [0.25, 0.3) is 5.69 Å². The first-order valence-corrected chi connectivity index (χ1v) is 7.31. The lowest BCUT2D eigenvalue weighted by Gasteiger charge is -2.31. The summed E-state index contributed by atoms with van der Waals surface area (Å²) in [6.45, 7) is 0.627. The van der Waals surface area contributed by atoms with Gasteiger partial charge >= 0.3 is 0 Å². The van der Waals surface area contributed by atoms with Gasteiger partial charge in [-0.25, -0.2) is 0 Å². The fourth-order valence-corrected chi connectivity index (χ4v) is 3.01. The highest BCUT2D eigenvalue weighted by Crippen LogP contribution is 2.32. The molecule has 0 bridgehead atoms. The maximum atomic E-state index is 11.1. The van der Waals surface area contributed by atoms with Crippen LogP contribution in [0.1, 0.15) is 25.7 Å². The number of nitro benzene ring substituents is 1. The number of nitrogens with two attached hydrogens (primary N) is 1. The highest BCUT2D eigenvalue weighted by Gasteiger charge is 2.26. The lowest BCUT2D eigenvalue weighted by molar-refractivity contribution is -0.384. The van der Waals surface area contributed by atoms with Gasteiger partial charge in [-0.15, -0.1) is 0 Å². The van der Waals surface area contributed by atoms with Gasteiger partial charge in [0.05, 0.1) is 4.92 Å². The maximum Gasteiger partial charge on any atom is 0.293 e. The normalized spacial score (nSPS) is 23.1. The number of rotatable bonds is 4. The van der Waals surface area contributed by atoms with E-state index in [0.29, 0.717) is 22.6 Å². The predicted molar refractivity (Wildman–Crippen MR) is 79.2 cm³/mol. The van der Waals surface area contributed by atoms with Gasteiger partial charge in [0.1, 0.15) is 5.69 Å². The number of nitrogens with zero attached hydrogens (tertiary/aromatic N) is 1. The second kappa shape index (κ2) is 6.34. The van der Waals surface area contributed by atoms with Crippen LogP contribution in [-0.4, -0.2) is 17.5 Å². The zero-order valence-electron chi connectivity index (χ0n) is 10.6. The first-order chi connectivity index (χ1) is 9.11. The van der Waals surface area contributed by atoms with Crippen LogP contribution in [-0.2, 0) is 0 Å². The third-order valence-corrected chi connectivity index (χ3v) is 4.20. The minimum Gasteiger partial charge on any atom is -0.376 e. The van der Waals surface area contributed by atoms with Crippen molar-refractivity contribution in [1.82, 2.24) is 0 Å². The summed E-state index contributed by atoms with van der Waals surface area (Å²) in [6, 6.07) is 5.33. The minimum absolute atomic E-state index is 0.107. The van der Waals surface area contributed by atoms with E-state index in [-0.39, 0.29) is 16.7 Å². The molecular weight excluding hydrogens is 310 g/mol. The number of halogens is 1. The van der Waals surface area contributed by atoms with Crippen LogP contribution in [0.5, 0.6) is 0 Å². The van der Waals surface area contributed by atoms with Crippen molar-refractivity contribution >= 4 is 27.3 Å². The van der Waals surface area contributed by atoms with E-state index in [1.54, 1.807) is 6.07 Å². The van der Waals surface area contributed by atoms with E-state index in [9.17, 15) is 10.1 Å². The molecule has 0 spiro atoms. The fourth-order valence-electron chi connectivity index (χ4n) is 2.66. The van der Waals surface area contributed by atoms with Crippen molar-refractivity contribution in [3.63, 3.8) is 0 Å². The third-order valence-electron chi connectivity index (χ3n) is 3.71. The van der Waals surface area contributed by atoms with Crippen LogP contribution >= 0.6 is 15.9 Å². The maximum absolute atomic E-state index is 11.1. The summed E-state index contributed by atoms with van der Waals surface area (Å²) in [5, 5.41) is 14.4. The number of nitrogens with one attached hydrogen (secondary N) is 1. The smallest absolute Gasteiger partial charge is 0.293 e. The highest BCUT2D eigenvalue weighted by atomic mass is 79.9. The van der Waals surface area contributed by atoms with Crippen LogP contribution in [0.4, 0.5) is 11.4 Å². The second-order valence-corrected chi connectivity index (χ2v) is 5.87. The van der Waals surface area contributed by atoms with E-state index in [1.165, 1.54) is 12.5 Å². The molecule has 1 aromatic carbocycles. The molecule has 104 valence electrons. The van der Waals surface area contributed by atoms with Gasteiger partial charge in [-0.05, 0) is 37.4 Å². The van der Waals surface area contributed by atoms with E-state index in [0.717, 1.165) is 19.3 Å². The van der Waals surface area contributed by atoms with Crippen molar-refractivity contribution < 1.29 is 4.92 Å². The molecule has 1 aliphatic carbocycles. The number of hydrogen-bond donors (Lipinski definition) is 2. The molecule has 2 unspecified atom stereocenters. The van der Waals surface area contributed by atoms with E-state index in [1.807, 2.05) is 6.07 Å². The quantitative estimate of drug-likeness (QED) is 0.656. The Morgan fingerprint density at radius 1 is 1.42 bits per heavy atom. The Balaban J connectivity index is 2.20. The number of nitro groups is 1. The number of anilines is 1. The monoisotopic (exact) mass is 327 g/mol. The molecule has 1 aliphatic rings. The van der Waals surface area contributed by atoms with Gasteiger partial charge in [0.2, 0.25) is 0 Å². The molecule has 6 heteroatoms. The summed E-state index contributed by atoms with van der Waals surface area (Å²) >= 11 is 3.26. The predicted octanol–water partition coefficient (Wildman–Crippen LogP) is 3.29. The summed E-state index contributed by atoms with van der Waals surface area (Å²) in [5.41, 5.74) is 6.48. The molecule has 3 N–H and O–H groups in total. The van der Waals surface area contributed by atoms with Gasteiger partial charge in [-0.1, -0.05) is 28.8 Å². The summed E-state index contributed by atoms with van der Waals surface area (Å²) in [7, 11) is 0. The molecule has 0 radical (unpaired) electrons. The summed E-state index contributed by atoms with van der Waals surface area (Å²) in [4.78, 5) is 10.7. The Hall–Kier alpha value is -1.14. The molecule has 0 amide bonds. The van der Waals surface area contributed by atoms with Gasteiger partial charge in [0, 0.05) is 16.6 Å². The van der Waals surface area contributed by atoms with Gasteiger partial charge in [-0.2, -0.15) is 0 Å². The van der Waals surface area contributed by atoms with Crippen LogP contribution < -0.4 is 11.1 Å². The molecule has 1 aromatic rings. The average Bonchev–Trinajstić information content (AvgIpc) is 2.41. The minimum atomic E-state index is -0.354. The van der Waals surface area contributed by atoms with E-state index < -0.39 is 0 Å². The van der Waals surface area contributed by atoms with Gasteiger partial charge in [-0.3, -0.25) is 10.1 Å². The van der Waals surface area contributed by atoms with Crippen molar-refractivity contribution in [2.75, 3.05) is 11.9 Å². The third kappa shape index (κ3) is 3.45. The summed E-state index contributed by atoms with van der Waals surface area (Å²) < 4.78 is 0.712. The van der Waals surface area contributed by atoms with Crippen LogP contribution in [0.2, 0.25) is 0 Å².